The number of hydrogen-bond donors (Lipinski definition) is 1. The van der Waals surface area contributed by atoms with Gasteiger partial charge in [-0.25, -0.2) is 12.8 Å². The normalized spacial score (nSPS) is 11.2. The number of aryl methyl sites for hydroxylation is 1. The number of thiophene rings is 1. The molecular weight excluding hydrogens is 329 g/mol. The first-order chi connectivity index (χ1) is 10.3. The first-order valence-electron chi connectivity index (χ1n) is 6.40. The molecule has 2 aromatic rings. The summed E-state index contributed by atoms with van der Waals surface area (Å²) in [5, 5.41) is 1.75. The van der Waals surface area contributed by atoms with Crippen LogP contribution < -0.4 is 9.46 Å². The van der Waals surface area contributed by atoms with Gasteiger partial charge in [0.2, 0.25) is 5.06 Å². The minimum atomic E-state index is -3.98. The van der Waals surface area contributed by atoms with Crippen LogP contribution in [0, 0.1) is 12.7 Å². The van der Waals surface area contributed by atoms with Crippen LogP contribution in [0.5, 0.6) is 5.06 Å². The third-order valence-corrected chi connectivity index (χ3v) is 5.11. The first kappa shape index (κ1) is 16.4. The van der Waals surface area contributed by atoms with E-state index in [1.54, 1.807) is 19.2 Å². The van der Waals surface area contributed by atoms with E-state index >= 15 is 0 Å². The number of benzene rings is 1. The predicted molar refractivity (Wildman–Crippen MR) is 82.2 cm³/mol. The Morgan fingerprint density at radius 3 is 2.77 bits per heavy atom. The Kier molecular flexibility index (Phi) is 4.82. The van der Waals surface area contributed by atoms with E-state index in [4.69, 9.17) is 4.74 Å². The summed E-state index contributed by atoms with van der Waals surface area (Å²) in [6.45, 7) is 3.20. The van der Waals surface area contributed by atoms with Crippen LogP contribution in [0.25, 0.3) is 0 Å². The second-order valence-electron chi connectivity index (χ2n) is 4.46. The Labute approximate surface area is 131 Å². The van der Waals surface area contributed by atoms with Crippen LogP contribution in [0.15, 0.2) is 34.5 Å². The maximum absolute atomic E-state index is 13.3. The van der Waals surface area contributed by atoms with Crippen LogP contribution in [0.4, 0.5) is 10.1 Å². The average molecular weight is 343 g/mol. The van der Waals surface area contributed by atoms with Crippen LogP contribution >= 0.6 is 11.3 Å². The van der Waals surface area contributed by atoms with Gasteiger partial charge >= 0.3 is 5.97 Å². The Morgan fingerprint density at radius 2 is 2.09 bits per heavy atom. The van der Waals surface area contributed by atoms with Crippen molar-refractivity contribution in [2.24, 2.45) is 0 Å². The molecule has 5 nitrogen and oxygen atoms in total. The van der Waals surface area contributed by atoms with Crippen molar-refractivity contribution in [1.29, 1.82) is 0 Å². The van der Waals surface area contributed by atoms with E-state index in [2.05, 4.69) is 4.72 Å². The third-order valence-electron chi connectivity index (χ3n) is 2.81. The van der Waals surface area contributed by atoms with Gasteiger partial charge in [0.25, 0.3) is 10.0 Å². The molecule has 8 heteroatoms. The van der Waals surface area contributed by atoms with Crippen molar-refractivity contribution in [3.05, 3.63) is 41.0 Å². The molecule has 0 spiro atoms. The van der Waals surface area contributed by atoms with Crippen molar-refractivity contribution in [2.75, 3.05) is 4.72 Å². The molecule has 0 radical (unpaired) electrons. The molecule has 1 heterocycles. The van der Waals surface area contributed by atoms with Gasteiger partial charge in [-0.15, -0.1) is 11.3 Å². The Hall–Kier alpha value is -1.93. The number of carbonyl (C=O) groups is 1. The zero-order valence-electron chi connectivity index (χ0n) is 11.9. The first-order valence-corrected chi connectivity index (χ1v) is 8.77. The minimum absolute atomic E-state index is 0.149. The van der Waals surface area contributed by atoms with E-state index in [0.717, 1.165) is 17.4 Å². The van der Waals surface area contributed by atoms with Gasteiger partial charge in [0.15, 0.2) is 0 Å². The largest absolute Gasteiger partial charge is 0.413 e. The molecule has 0 aliphatic rings. The van der Waals surface area contributed by atoms with Crippen LogP contribution in [-0.2, 0) is 14.8 Å². The zero-order valence-corrected chi connectivity index (χ0v) is 13.6. The Morgan fingerprint density at radius 1 is 1.36 bits per heavy atom. The summed E-state index contributed by atoms with van der Waals surface area (Å²) in [4.78, 5) is 11.2. The average Bonchev–Trinajstić information content (AvgIpc) is 2.87. The quantitative estimate of drug-likeness (QED) is 0.846. The van der Waals surface area contributed by atoms with Crippen molar-refractivity contribution >= 4 is 33.0 Å². The molecule has 118 valence electrons. The SMILES string of the molecule is CCC(=O)Oc1sccc1NS(=O)(=O)c1cc(F)ccc1C. The molecule has 0 atom stereocenters. The van der Waals surface area contributed by atoms with Crippen molar-refractivity contribution in [1.82, 2.24) is 0 Å². The van der Waals surface area contributed by atoms with Crippen molar-refractivity contribution in [3.8, 4) is 5.06 Å². The van der Waals surface area contributed by atoms with Gasteiger partial charge < -0.3 is 4.74 Å². The highest BCUT2D eigenvalue weighted by atomic mass is 32.2. The third kappa shape index (κ3) is 3.63. The van der Waals surface area contributed by atoms with E-state index in [1.165, 1.54) is 18.2 Å². The standard InChI is InChI=1S/C14H14FNO4S2/c1-3-13(17)20-14-11(6-7-21-14)16-22(18,19)12-8-10(15)5-4-9(12)2/h4-8,16H,3H2,1-2H3. The number of nitrogens with one attached hydrogen (secondary N) is 1. The summed E-state index contributed by atoms with van der Waals surface area (Å²) in [7, 11) is -3.98. The summed E-state index contributed by atoms with van der Waals surface area (Å²) < 4.78 is 45.4. The summed E-state index contributed by atoms with van der Waals surface area (Å²) >= 11 is 1.09. The van der Waals surface area contributed by atoms with Gasteiger partial charge in [-0.3, -0.25) is 9.52 Å². The number of ether oxygens (including phenoxy) is 1. The zero-order chi connectivity index (χ0) is 16.3. The number of hydrogen-bond acceptors (Lipinski definition) is 5. The summed E-state index contributed by atoms with van der Waals surface area (Å²) in [6, 6.07) is 5.00. The maximum Gasteiger partial charge on any atom is 0.311 e. The monoisotopic (exact) mass is 343 g/mol. The number of carbonyl (C=O) groups excluding carboxylic acids is 1. The molecule has 0 bridgehead atoms. The highest BCUT2D eigenvalue weighted by Gasteiger charge is 2.21. The maximum atomic E-state index is 13.3. The van der Waals surface area contributed by atoms with Gasteiger partial charge in [0.05, 0.1) is 4.90 Å². The van der Waals surface area contributed by atoms with Crippen LogP contribution in [-0.4, -0.2) is 14.4 Å². The minimum Gasteiger partial charge on any atom is -0.413 e. The summed E-state index contributed by atoms with van der Waals surface area (Å²) in [5.41, 5.74) is 0.562. The van der Waals surface area contributed by atoms with E-state index in [9.17, 15) is 17.6 Å². The molecule has 0 aliphatic carbocycles. The number of rotatable bonds is 5. The molecule has 0 unspecified atom stereocenters. The van der Waals surface area contributed by atoms with Crippen molar-refractivity contribution in [2.45, 2.75) is 25.2 Å². The summed E-state index contributed by atoms with van der Waals surface area (Å²) in [5.74, 6) is -1.11. The lowest BCUT2D eigenvalue weighted by atomic mass is 10.2. The van der Waals surface area contributed by atoms with Gasteiger partial charge in [0, 0.05) is 6.42 Å². The fourth-order valence-electron chi connectivity index (χ4n) is 1.69. The van der Waals surface area contributed by atoms with E-state index in [1.807, 2.05) is 0 Å². The van der Waals surface area contributed by atoms with Crippen LogP contribution in [0.1, 0.15) is 18.9 Å². The number of halogens is 1. The number of anilines is 1. The topological polar surface area (TPSA) is 72.5 Å². The molecule has 0 amide bonds. The lowest BCUT2D eigenvalue weighted by Gasteiger charge is -2.11. The molecule has 0 aliphatic heterocycles. The molecule has 2 rings (SSSR count). The van der Waals surface area contributed by atoms with E-state index in [0.29, 0.717) is 5.56 Å². The van der Waals surface area contributed by atoms with Crippen molar-refractivity contribution in [3.63, 3.8) is 0 Å². The molecule has 0 saturated carbocycles. The van der Waals surface area contributed by atoms with Gasteiger partial charge in [-0.2, -0.15) is 0 Å². The Balaban J connectivity index is 2.32. The predicted octanol–water partition coefficient (Wildman–Crippen LogP) is 3.31. The van der Waals surface area contributed by atoms with E-state index < -0.39 is 21.8 Å². The molecular formula is C14H14FNO4S2. The highest BCUT2D eigenvalue weighted by Crippen LogP contribution is 2.33. The highest BCUT2D eigenvalue weighted by molar-refractivity contribution is 7.92. The Bertz CT molecular complexity index is 799. The van der Waals surface area contributed by atoms with Gasteiger partial charge in [0.1, 0.15) is 11.5 Å². The van der Waals surface area contributed by atoms with Gasteiger partial charge in [-0.05, 0) is 36.1 Å². The fraction of sp³-hybridized carbons (Fsp3) is 0.214. The summed E-state index contributed by atoms with van der Waals surface area (Å²) in [6.07, 6.45) is 0.174. The molecule has 0 fully saturated rings. The van der Waals surface area contributed by atoms with Gasteiger partial charge in [-0.1, -0.05) is 13.0 Å². The second-order valence-corrected chi connectivity index (χ2v) is 6.99. The van der Waals surface area contributed by atoms with Crippen LogP contribution in [0.2, 0.25) is 0 Å². The molecule has 1 aromatic heterocycles. The second kappa shape index (κ2) is 6.45. The van der Waals surface area contributed by atoms with E-state index in [-0.39, 0.29) is 22.1 Å². The number of esters is 1. The van der Waals surface area contributed by atoms with Crippen LogP contribution in [0.3, 0.4) is 0 Å². The number of sulfonamides is 1. The molecule has 22 heavy (non-hydrogen) atoms. The fourth-order valence-corrected chi connectivity index (χ4v) is 3.79. The lowest BCUT2D eigenvalue weighted by molar-refractivity contribution is -0.133. The smallest absolute Gasteiger partial charge is 0.311 e. The molecule has 1 aromatic carbocycles. The van der Waals surface area contributed by atoms with Crippen molar-refractivity contribution < 1.29 is 22.3 Å². The molecule has 0 saturated heterocycles. The molecule has 1 N–H and O–H groups in total. The lowest BCUT2D eigenvalue weighted by Crippen LogP contribution is -2.15.